The molecule has 2 fully saturated rings. The van der Waals surface area contributed by atoms with E-state index < -0.39 is 18.1 Å². The number of aromatic nitrogens is 1. The van der Waals surface area contributed by atoms with Crippen LogP contribution in [0.3, 0.4) is 0 Å². The van der Waals surface area contributed by atoms with E-state index in [-0.39, 0.29) is 53.1 Å². The number of likely N-dealkylation sites (tertiary alicyclic amines) is 1. The van der Waals surface area contributed by atoms with E-state index in [1.54, 1.807) is 27.8 Å². The molecule has 8 nitrogen and oxygen atoms in total. The molecule has 2 aliphatic rings. The molecule has 0 bridgehead atoms. The molecule has 2 N–H and O–H groups in total. The van der Waals surface area contributed by atoms with E-state index in [1.807, 2.05) is 0 Å². The maximum atomic E-state index is 14.1. The number of hydrogen-bond donors (Lipinski definition) is 2. The average molecular weight is 500 g/mol. The van der Waals surface area contributed by atoms with E-state index in [9.17, 15) is 23.9 Å². The molecular formula is C25H23ClFN3O5. The van der Waals surface area contributed by atoms with Crippen molar-refractivity contribution in [2.45, 2.75) is 45.1 Å². The van der Waals surface area contributed by atoms with Crippen LogP contribution in [0.25, 0.3) is 10.9 Å². The number of piperidine rings is 1. The number of phenolic OH excluding ortho intramolecular Hbond substituents is 1. The summed E-state index contributed by atoms with van der Waals surface area (Å²) >= 11 is 5.77. The molecule has 1 saturated heterocycles. The van der Waals surface area contributed by atoms with Crippen molar-refractivity contribution in [3.8, 4) is 5.75 Å². The molecule has 2 heterocycles. The minimum atomic E-state index is -0.755. The predicted molar refractivity (Wildman–Crippen MR) is 125 cm³/mol. The van der Waals surface area contributed by atoms with Gasteiger partial charge in [0.25, 0.3) is 0 Å². The molecule has 5 rings (SSSR count). The van der Waals surface area contributed by atoms with Crippen LogP contribution in [0.1, 0.15) is 35.7 Å². The Balaban J connectivity index is 1.28. The topological polar surface area (TPSA) is 101 Å². The molecule has 1 aromatic heterocycles. The number of alkyl carbamates (subject to hydrolysis) is 1. The lowest BCUT2D eigenvalue weighted by molar-refractivity contribution is -0.140. The number of Topliss-reactive ketones (excluding diaryl/α,β-unsaturated/α-hetero) is 1. The lowest BCUT2D eigenvalue weighted by Crippen LogP contribution is -2.44. The number of carbonyl (C=O) groups excluding carboxylic acids is 3. The summed E-state index contributed by atoms with van der Waals surface area (Å²) in [7, 11) is 0. The average Bonchev–Trinajstić information content (AvgIpc) is 3.32. The van der Waals surface area contributed by atoms with Crippen LogP contribution in [-0.2, 0) is 22.6 Å². The Morgan fingerprint density at radius 3 is 2.80 bits per heavy atom. The molecule has 1 aliphatic carbocycles. The van der Waals surface area contributed by atoms with Gasteiger partial charge in [0.2, 0.25) is 5.91 Å². The van der Waals surface area contributed by atoms with Gasteiger partial charge in [-0.15, -0.1) is 0 Å². The third kappa shape index (κ3) is 4.43. The van der Waals surface area contributed by atoms with Crippen molar-refractivity contribution in [3.63, 3.8) is 0 Å². The van der Waals surface area contributed by atoms with Crippen molar-refractivity contribution in [1.29, 1.82) is 0 Å². The lowest BCUT2D eigenvalue weighted by atomic mass is 10.1. The van der Waals surface area contributed by atoms with Gasteiger partial charge in [-0.2, -0.15) is 0 Å². The number of fused-ring (bicyclic) bond motifs is 2. The van der Waals surface area contributed by atoms with Crippen LogP contribution < -0.4 is 5.32 Å². The molecule has 0 unspecified atom stereocenters. The number of benzene rings is 2. The van der Waals surface area contributed by atoms with Crippen LogP contribution in [0.4, 0.5) is 9.18 Å². The minimum absolute atomic E-state index is 0.00354. The Kier molecular flexibility index (Phi) is 5.88. The van der Waals surface area contributed by atoms with Crippen molar-refractivity contribution in [1.82, 2.24) is 14.8 Å². The van der Waals surface area contributed by atoms with E-state index in [0.29, 0.717) is 22.9 Å². The molecule has 2 aromatic carbocycles. The highest BCUT2D eigenvalue weighted by atomic mass is 35.5. The van der Waals surface area contributed by atoms with Crippen molar-refractivity contribution in [2.24, 2.45) is 5.92 Å². The number of amides is 2. The summed E-state index contributed by atoms with van der Waals surface area (Å²) in [5.74, 6) is -0.724. The summed E-state index contributed by atoms with van der Waals surface area (Å²) < 4.78 is 21.3. The summed E-state index contributed by atoms with van der Waals surface area (Å²) in [6.07, 6.45) is 1.50. The first-order valence-corrected chi connectivity index (χ1v) is 11.6. The summed E-state index contributed by atoms with van der Waals surface area (Å²) in [4.78, 5) is 39.4. The molecule has 1 aliphatic heterocycles. The van der Waals surface area contributed by atoms with E-state index >= 15 is 0 Å². The second-order valence-electron chi connectivity index (χ2n) is 8.95. The van der Waals surface area contributed by atoms with Gasteiger partial charge in [-0.3, -0.25) is 9.59 Å². The second-order valence-corrected chi connectivity index (χ2v) is 9.36. The standard InChI is InChI=1S/C25H23ClFN3O5/c1-13(31)18-11-29(20-6-5-16(32)9-17(18)20)12-22(33)30-21-7-15(21)8-23(30)35-25(34)28-10-14-3-2-4-19(26)24(14)27/h2-6,9,11,15,21,23,32H,7-8,10,12H2,1H3,(H,28,34)/t15-,21-,23+/m1/s1. The van der Waals surface area contributed by atoms with Crippen molar-refractivity contribution >= 4 is 40.3 Å². The molecule has 10 heteroatoms. The smallest absolute Gasteiger partial charge is 0.409 e. The molecule has 3 aromatic rings. The quantitative estimate of drug-likeness (QED) is 0.495. The number of phenols is 1. The first-order chi connectivity index (χ1) is 16.7. The fourth-order valence-electron chi connectivity index (χ4n) is 4.80. The van der Waals surface area contributed by atoms with Crippen LogP contribution in [-0.4, -0.2) is 44.6 Å². The van der Waals surface area contributed by atoms with E-state index in [0.717, 1.165) is 6.42 Å². The highest BCUT2D eigenvalue weighted by Crippen LogP contribution is 2.48. The van der Waals surface area contributed by atoms with Gasteiger partial charge >= 0.3 is 6.09 Å². The molecular weight excluding hydrogens is 477 g/mol. The van der Waals surface area contributed by atoms with Gasteiger partial charge in [0.1, 0.15) is 18.1 Å². The van der Waals surface area contributed by atoms with Crippen molar-refractivity contribution in [2.75, 3.05) is 0 Å². The Morgan fingerprint density at radius 1 is 1.23 bits per heavy atom. The molecule has 3 atom stereocenters. The number of carbonyl (C=O) groups is 3. The molecule has 0 radical (unpaired) electrons. The zero-order chi connectivity index (χ0) is 24.9. The second kappa shape index (κ2) is 8.88. The van der Waals surface area contributed by atoms with Crippen LogP contribution >= 0.6 is 11.6 Å². The third-order valence-electron chi connectivity index (χ3n) is 6.59. The number of ether oxygens (including phenoxy) is 1. The third-order valence-corrected chi connectivity index (χ3v) is 6.88. The van der Waals surface area contributed by atoms with Crippen LogP contribution in [0.2, 0.25) is 5.02 Å². The SMILES string of the molecule is CC(=O)c1cn(CC(=O)N2[C@@H](OC(=O)NCc3cccc(Cl)c3F)C[C@H]3C[C@H]32)c2ccc(O)cc12. The summed E-state index contributed by atoms with van der Waals surface area (Å²) in [5, 5.41) is 12.9. The fourth-order valence-corrected chi connectivity index (χ4v) is 5.00. The highest BCUT2D eigenvalue weighted by molar-refractivity contribution is 6.30. The van der Waals surface area contributed by atoms with Gasteiger partial charge in [0.15, 0.2) is 12.0 Å². The lowest BCUT2D eigenvalue weighted by Gasteiger charge is -2.27. The Bertz CT molecular complexity index is 1360. The van der Waals surface area contributed by atoms with Gasteiger partial charge in [0, 0.05) is 47.2 Å². The van der Waals surface area contributed by atoms with Gasteiger partial charge in [0.05, 0.1) is 5.02 Å². The van der Waals surface area contributed by atoms with E-state index in [2.05, 4.69) is 5.32 Å². The van der Waals surface area contributed by atoms with E-state index in [1.165, 1.54) is 31.2 Å². The van der Waals surface area contributed by atoms with Crippen LogP contribution in [0, 0.1) is 11.7 Å². The van der Waals surface area contributed by atoms with Gasteiger partial charge < -0.3 is 24.6 Å². The van der Waals surface area contributed by atoms with Crippen molar-refractivity contribution in [3.05, 3.63) is 64.6 Å². The number of aromatic hydroxyl groups is 1. The highest BCUT2D eigenvalue weighted by Gasteiger charge is 2.55. The predicted octanol–water partition coefficient (Wildman–Crippen LogP) is 4.22. The number of rotatable bonds is 6. The maximum Gasteiger partial charge on any atom is 0.409 e. The normalized spacial score (nSPS) is 20.5. The Labute approximate surface area is 205 Å². The largest absolute Gasteiger partial charge is 0.508 e. The molecule has 2 amide bonds. The van der Waals surface area contributed by atoms with Gasteiger partial charge in [-0.1, -0.05) is 23.7 Å². The maximum absolute atomic E-state index is 14.1. The number of ketones is 1. The number of nitrogens with one attached hydrogen (secondary N) is 1. The number of halogens is 2. The summed E-state index contributed by atoms with van der Waals surface area (Å²) in [6.45, 7) is 1.28. The fraction of sp³-hybridized carbons (Fsp3) is 0.320. The zero-order valence-electron chi connectivity index (χ0n) is 18.8. The Morgan fingerprint density at radius 2 is 2.03 bits per heavy atom. The van der Waals surface area contributed by atoms with Gasteiger partial charge in [-0.05, 0) is 43.5 Å². The Hall–Kier alpha value is -3.59. The first kappa shape index (κ1) is 23.2. The van der Waals surface area contributed by atoms with Crippen LogP contribution in [0.5, 0.6) is 5.75 Å². The number of nitrogens with zero attached hydrogens (tertiary/aromatic N) is 2. The summed E-state index contributed by atoms with van der Waals surface area (Å²) in [5.41, 5.74) is 1.28. The summed E-state index contributed by atoms with van der Waals surface area (Å²) in [6, 6.07) is 9.18. The monoisotopic (exact) mass is 499 g/mol. The molecule has 182 valence electrons. The van der Waals surface area contributed by atoms with Crippen LogP contribution in [0.15, 0.2) is 42.6 Å². The minimum Gasteiger partial charge on any atom is -0.508 e. The molecule has 1 saturated carbocycles. The number of hydrogen-bond acceptors (Lipinski definition) is 5. The van der Waals surface area contributed by atoms with E-state index in [4.69, 9.17) is 16.3 Å². The molecule has 35 heavy (non-hydrogen) atoms. The first-order valence-electron chi connectivity index (χ1n) is 11.2. The van der Waals surface area contributed by atoms with Gasteiger partial charge in [-0.25, -0.2) is 9.18 Å². The molecule has 0 spiro atoms. The van der Waals surface area contributed by atoms with Crippen molar-refractivity contribution < 1.29 is 28.6 Å². The zero-order valence-corrected chi connectivity index (χ0v) is 19.6.